The van der Waals surface area contributed by atoms with Crippen LogP contribution in [0.25, 0.3) is 12.7 Å². The SMILES string of the molecule is C=c1/c(=C\C)c(C)cn1C(=O)OC(C)(C)C. The molecule has 0 atom stereocenters. The highest BCUT2D eigenvalue weighted by atomic mass is 16.6. The fraction of sp³-hybridized carbons (Fsp3) is 0.462. The molecule has 0 amide bonds. The van der Waals surface area contributed by atoms with Crippen LogP contribution in [0.5, 0.6) is 0 Å². The minimum atomic E-state index is -0.488. The molecule has 0 N–H and O–H groups in total. The van der Waals surface area contributed by atoms with Gasteiger partial charge >= 0.3 is 6.09 Å². The summed E-state index contributed by atoms with van der Waals surface area (Å²) in [7, 11) is 0. The molecule has 1 aromatic rings. The van der Waals surface area contributed by atoms with Gasteiger partial charge in [-0.15, -0.1) is 0 Å². The van der Waals surface area contributed by atoms with Crippen molar-refractivity contribution in [2.45, 2.75) is 40.2 Å². The van der Waals surface area contributed by atoms with E-state index in [1.165, 1.54) is 4.57 Å². The number of ether oxygens (including phenoxy) is 1. The molecule has 0 spiro atoms. The van der Waals surface area contributed by atoms with E-state index in [-0.39, 0.29) is 6.09 Å². The number of hydrogen-bond donors (Lipinski definition) is 0. The quantitative estimate of drug-likeness (QED) is 0.669. The molecule has 0 radical (unpaired) electrons. The summed E-state index contributed by atoms with van der Waals surface area (Å²) in [6, 6.07) is 0. The lowest BCUT2D eigenvalue weighted by Crippen LogP contribution is -2.35. The minimum Gasteiger partial charge on any atom is -0.443 e. The van der Waals surface area contributed by atoms with Crippen molar-refractivity contribution in [3.05, 3.63) is 22.3 Å². The van der Waals surface area contributed by atoms with E-state index in [2.05, 4.69) is 6.58 Å². The third-order valence-electron chi connectivity index (χ3n) is 2.23. The molecule has 1 rings (SSSR count). The lowest BCUT2D eigenvalue weighted by atomic mass is 10.2. The molecule has 0 aliphatic heterocycles. The van der Waals surface area contributed by atoms with Crippen LogP contribution >= 0.6 is 0 Å². The number of aromatic nitrogens is 1. The van der Waals surface area contributed by atoms with Crippen molar-refractivity contribution in [2.75, 3.05) is 0 Å². The number of carbonyl (C=O) groups excluding carboxylic acids is 1. The molecule has 0 fully saturated rings. The smallest absolute Gasteiger partial charge is 0.418 e. The summed E-state index contributed by atoms with van der Waals surface area (Å²) >= 11 is 0. The molecular weight excluding hydrogens is 202 g/mol. The molecule has 0 unspecified atom stereocenters. The van der Waals surface area contributed by atoms with Gasteiger partial charge in [0.2, 0.25) is 0 Å². The van der Waals surface area contributed by atoms with Crippen molar-refractivity contribution in [2.24, 2.45) is 0 Å². The summed E-state index contributed by atoms with van der Waals surface area (Å²) in [6.45, 7) is 13.3. The van der Waals surface area contributed by atoms with E-state index in [1.54, 1.807) is 6.20 Å². The Kier molecular flexibility index (Phi) is 3.27. The monoisotopic (exact) mass is 221 g/mol. The summed E-state index contributed by atoms with van der Waals surface area (Å²) in [4.78, 5) is 11.8. The van der Waals surface area contributed by atoms with Gasteiger partial charge in [0.1, 0.15) is 5.60 Å². The fourth-order valence-electron chi connectivity index (χ4n) is 1.57. The van der Waals surface area contributed by atoms with E-state index in [0.717, 1.165) is 10.8 Å². The number of hydrogen-bond acceptors (Lipinski definition) is 2. The Balaban J connectivity index is 3.17. The Labute approximate surface area is 96.0 Å². The van der Waals surface area contributed by atoms with Gasteiger partial charge in [-0.25, -0.2) is 4.79 Å². The first kappa shape index (κ1) is 12.6. The summed E-state index contributed by atoms with van der Waals surface area (Å²) < 4.78 is 6.74. The zero-order valence-electron chi connectivity index (χ0n) is 10.6. The van der Waals surface area contributed by atoms with Crippen LogP contribution in [0.3, 0.4) is 0 Å². The molecule has 0 aromatic carbocycles. The van der Waals surface area contributed by atoms with E-state index in [1.807, 2.05) is 40.7 Å². The number of nitrogens with zero attached hydrogens (tertiary/aromatic N) is 1. The maximum Gasteiger partial charge on any atom is 0.418 e. The molecule has 3 nitrogen and oxygen atoms in total. The molecule has 0 aliphatic carbocycles. The van der Waals surface area contributed by atoms with E-state index >= 15 is 0 Å². The van der Waals surface area contributed by atoms with Crippen molar-refractivity contribution < 1.29 is 9.53 Å². The Morgan fingerprint density at radius 3 is 2.44 bits per heavy atom. The van der Waals surface area contributed by atoms with Gasteiger partial charge in [-0.2, -0.15) is 0 Å². The second kappa shape index (κ2) is 4.16. The largest absolute Gasteiger partial charge is 0.443 e. The van der Waals surface area contributed by atoms with Crippen LogP contribution in [-0.2, 0) is 4.74 Å². The van der Waals surface area contributed by atoms with Crippen LogP contribution in [0, 0.1) is 6.92 Å². The third-order valence-corrected chi connectivity index (χ3v) is 2.23. The van der Waals surface area contributed by atoms with Gasteiger partial charge in [0, 0.05) is 6.20 Å². The molecule has 0 saturated carbocycles. The highest BCUT2D eigenvalue weighted by Gasteiger charge is 2.18. The fourth-order valence-corrected chi connectivity index (χ4v) is 1.57. The first-order chi connectivity index (χ1) is 7.26. The van der Waals surface area contributed by atoms with Crippen molar-refractivity contribution in [1.29, 1.82) is 0 Å². The normalized spacial score (nSPS) is 12.9. The van der Waals surface area contributed by atoms with Gasteiger partial charge in [-0.1, -0.05) is 12.7 Å². The van der Waals surface area contributed by atoms with Crippen molar-refractivity contribution in [3.63, 3.8) is 0 Å². The molecule has 16 heavy (non-hydrogen) atoms. The Morgan fingerprint density at radius 1 is 1.50 bits per heavy atom. The lowest BCUT2D eigenvalue weighted by molar-refractivity contribution is 0.0532. The molecular formula is C13H19NO2. The van der Waals surface area contributed by atoms with E-state index in [9.17, 15) is 4.79 Å². The van der Waals surface area contributed by atoms with Gasteiger partial charge in [-0.3, -0.25) is 4.57 Å². The topological polar surface area (TPSA) is 31.2 Å². The zero-order valence-corrected chi connectivity index (χ0v) is 10.6. The molecule has 0 aliphatic rings. The Morgan fingerprint density at radius 2 is 2.06 bits per heavy atom. The summed E-state index contributed by atoms with van der Waals surface area (Å²) in [5.41, 5.74) is 0.538. The maximum absolute atomic E-state index is 11.8. The van der Waals surface area contributed by atoms with Gasteiger partial charge < -0.3 is 4.74 Å². The van der Waals surface area contributed by atoms with Crippen LogP contribution in [0.1, 0.15) is 33.3 Å². The first-order valence-corrected chi connectivity index (χ1v) is 5.33. The van der Waals surface area contributed by atoms with Gasteiger partial charge in [0.05, 0.1) is 5.35 Å². The predicted molar refractivity (Wildman–Crippen MR) is 65.7 cm³/mol. The molecule has 1 aromatic heterocycles. The standard InChI is InChI=1S/C13H19NO2/c1-7-11-9(2)8-14(10(11)3)12(15)16-13(4,5)6/h7-8H,3H2,1-2,4-6H3/b11-7-. The Bertz CT molecular complexity index is 503. The second-order valence-corrected chi connectivity index (χ2v) is 4.81. The van der Waals surface area contributed by atoms with Gasteiger partial charge in [0.15, 0.2) is 0 Å². The van der Waals surface area contributed by atoms with E-state index in [0.29, 0.717) is 5.35 Å². The summed E-state index contributed by atoms with van der Waals surface area (Å²) in [6.07, 6.45) is 3.32. The molecule has 0 bridgehead atoms. The van der Waals surface area contributed by atoms with Crippen molar-refractivity contribution >= 4 is 18.7 Å². The number of aryl methyl sites for hydroxylation is 1. The highest BCUT2D eigenvalue weighted by molar-refractivity contribution is 5.71. The van der Waals surface area contributed by atoms with Crippen LogP contribution in [0.4, 0.5) is 4.79 Å². The van der Waals surface area contributed by atoms with Crippen LogP contribution in [-0.4, -0.2) is 16.3 Å². The highest BCUT2D eigenvalue weighted by Crippen LogP contribution is 2.07. The maximum atomic E-state index is 11.8. The Hall–Kier alpha value is -1.51. The average molecular weight is 221 g/mol. The van der Waals surface area contributed by atoms with E-state index < -0.39 is 5.60 Å². The van der Waals surface area contributed by atoms with E-state index in [4.69, 9.17) is 4.74 Å². The van der Waals surface area contributed by atoms with Crippen LogP contribution in [0.2, 0.25) is 0 Å². The number of rotatable bonds is 0. The summed E-state index contributed by atoms with van der Waals surface area (Å²) in [5, 5.41) is 1.67. The minimum absolute atomic E-state index is 0.381. The van der Waals surface area contributed by atoms with Crippen LogP contribution < -0.4 is 10.6 Å². The van der Waals surface area contributed by atoms with Gasteiger partial charge in [0.25, 0.3) is 0 Å². The molecule has 3 heteroatoms. The molecule has 1 heterocycles. The zero-order chi connectivity index (χ0) is 12.5. The predicted octanol–water partition coefficient (Wildman–Crippen LogP) is 1.79. The molecule has 0 saturated heterocycles. The molecule has 88 valence electrons. The van der Waals surface area contributed by atoms with Crippen LogP contribution in [0.15, 0.2) is 6.20 Å². The second-order valence-electron chi connectivity index (χ2n) is 4.81. The summed E-state index contributed by atoms with van der Waals surface area (Å²) in [5.74, 6) is 0. The first-order valence-electron chi connectivity index (χ1n) is 5.33. The third kappa shape index (κ3) is 2.54. The lowest BCUT2D eigenvalue weighted by Gasteiger charge is -2.19. The van der Waals surface area contributed by atoms with Crippen molar-refractivity contribution in [1.82, 2.24) is 4.57 Å². The number of carbonyl (C=O) groups is 1. The van der Waals surface area contributed by atoms with Gasteiger partial charge in [-0.05, 0) is 45.4 Å². The van der Waals surface area contributed by atoms with Crippen molar-refractivity contribution in [3.8, 4) is 0 Å². The average Bonchev–Trinajstić information content (AvgIpc) is 2.38.